The van der Waals surface area contributed by atoms with E-state index < -0.39 is 0 Å². The van der Waals surface area contributed by atoms with Gasteiger partial charge in [-0.3, -0.25) is 0 Å². The second-order valence-corrected chi connectivity index (χ2v) is 12.6. The Morgan fingerprint density at radius 2 is 0.912 bits per heavy atom. The van der Waals surface area contributed by atoms with E-state index in [0.29, 0.717) is 0 Å². The molecule has 0 aromatic rings. The summed E-state index contributed by atoms with van der Waals surface area (Å²) in [5, 5.41) is 0. The van der Waals surface area contributed by atoms with Gasteiger partial charge in [0.1, 0.15) is 0 Å². The van der Waals surface area contributed by atoms with E-state index in [4.69, 9.17) is 0 Å². The van der Waals surface area contributed by atoms with E-state index in [1.165, 1.54) is 103 Å². The van der Waals surface area contributed by atoms with Crippen molar-refractivity contribution in [3.8, 4) is 0 Å². The maximum Gasteiger partial charge on any atom is 0 e. The molecule has 202 valence electrons. The molecule has 0 nitrogen and oxygen atoms in total. The summed E-state index contributed by atoms with van der Waals surface area (Å²) in [6.45, 7) is 12.4. The highest BCUT2D eigenvalue weighted by atomic mass is 14.4. The predicted octanol–water partition coefficient (Wildman–Crippen LogP) is 11.9. The van der Waals surface area contributed by atoms with Gasteiger partial charge in [0, 0.05) is 5.71 Å². The number of hydrogen-bond donors (Lipinski definition) is 0. The quantitative estimate of drug-likeness (QED) is 0.322. The van der Waals surface area contributed by atoms with Crippen LogP contribution in [0.1, 0.15) is 135 Å². The summed E-state index contributed by atoms with van der Waals surface area (Å²) < 4.78 is 0. The summed E-state index contributed by atoms with van der Waals surface area (Å²) in [5.41, 5.74) is 0. The lowest BCUT2D eigenvalue weighted by Crippen LogP contribution is -2.25. The van der Waals surface area contributed by atoms with Gasteiger partial charge in [0.2, 0.25) is 0 Å². The summed E-state index contributed by atoms with van der Waals surface area (Å²) in [5.74, 6) is 7.84. The lowest BCUT2D eigenvalue weighted by atomic mass is 9.69. The maximum atomic E-state index is 3.93. The molecule has 0 N–H and O–H groups in total. The van der Waals surface area contributed by atoms with Crippen LogP contribution in [0.3, 0.4) is 0 Å². The van der Waals surface area contributed by atoms with Gasteiger partial charge in [0.05, 0.1) is 0 Å². The zero-order valence-corrected chi connectivity index (χ0v) is 23.1. The fourth-order valence-corrected chi connectivity index (χ4v) is 8.14. The molecular weight excluding hydrogens is 408 g/mol. The first-order valence-electron chi connectivity index (χ1n) is 15.5. The van der Waals surface area contributed by atoms with Crippen LogP contribution in [-0.4, -0.2) is 0 Å². The van der Waals surface area contributed by atoms with Gasteiger partial charge in [0.25, 0.3) is 0 Å². The maximum absolute atomic E-state index is 3.93. The Morgan fingerprint density at radius 3 is 1.24 bits per heavy atom. The first kappa shape index (κ1) is 27.8. The SMILES string of the molecule is C/C=C/C1CCC(C2CCC(CCC)CC2)CC1.C=CC1CCC(C2CCC(C=C)CC2)CC1.[HH].[HH].[HH].[HH]. The standard InChI is InChI=1S/C18H32.C16H26.4H2/c1-3-5-15-7-11-17(12-8-15)18-13-9-16(6-4-2)10-14-18;1-3-13-5-9-15(10-6-13)16-11-7-14(4-2)8-12-16;;;;/h3,5,15-18H,4,6-14H2,1-2H3;3-4,13-16H,1-2,5-12H2;4*1H/b5-3+;;;;;. The molecule has 0 aliphatic heterocycles. The van der Waals surface area contributed by atoms with Crippen molar-refractivity contribution in [1.82, 2.24) is 0 Å². The minimum absolute atomic E-state index is 0. The van der Waals surface area contributed by atoms with Crippen LogP contribution in [0.5, 0.6) is 0 Å². The summed E-state index contributed by atoms with van der Waals surface area (Å²) >= 11 is 0. The van der Waals surface area contributed by atoms with Gasteiger partial charge in [0.15, 0.2) is 0 Å². The Balaban J connectivity index is 0. The molecule has 0 atom stereocenters. The smallest absolute Gasteiger partial charge is 0 e. The topological polar surface area (TPSA) is 0 Å². The molecule has 4 fully saturated rings. The van der Waals surface area contributed by atoms with Crippen LogP contribution in [0.2, 0.25) is 0 Å². The average Bonchev–Trinajstić information content (AvgIpc) is 2.90. The van der Waals surface area contributed by atoms with Crippen molar-refractivity contribution in [1.29, 1.82) is 0 Å². The molecule has 0 spiro atoms. The molecule has 0 heteroatoms. The highest BCUT2D eigenvalue weighted by Crippen LogP contribution is 2.43. The summed E-state index contributed by atoms with van der Waals surface area (Å²) in [6.07, 6.45) is 35.4. The molecule has 0 aromatic carbocycles. The van der Waals surface area contributed by atoms with E-state index in [1.807, 2.05) is 0 Å². The molecule has 4 saturated carbocycles. The Kier molecular flexibility index (Phi) is 12.6. The molecule has 0 bridgehead atoms. The molecule has 0 aromatic heterocycles. The van der Waals surface area contributed by atoms with Gasteiger partial charge in [-0.25, -0.2) is 0 Å². The lowest BCUT2D eigenvalue weighted by Gasteiger charge is -2.37. The van der Waals surface area contributed by atoms with Crippen LogP contribution in [-0.2, 0) is 0 Å². The lowest BCUT2D eigenvalue weighted by molar-refractivity contribution is 0.152. The molecule has 0 unspecified atom stereocenters. The van der Waals surface area contributed by atoms with Crippen molar-refractivity contribution >= 4 is 0 Å². The van der Waals surface area contributed by atoms with Crippen molar-refractivity contribution in [3.63, 3.8) is 0 Å². The van der Waals surface area contributed by atoms with Crippen LogP contribution in [0, 0.1) is 47.3 Å². The summed E-state index contributed by atoms with van der Waals surface area (Å²) in [4.78, 5) is 0. The fourth-order valence-electron chi connectivity index (χ4n) is 8.14. The van der Waals surface area contributed by atoms with Crippen LogP contribution in [0.15, 0.2) is 37.5 Å². The molecule has 4 aliphatic carbocycles. The van der Waals surface area contributed by atoms with Crippen LogP contribution < -0.4 is 0 Å². The number of hydrogen-bond acceptors (Lipinski definition) is 0. The van der Waals surface area contributed by atoms with Gasteiger partial charge in [-0.2, -0.15) is 0 Å². The van der Waals surface area contributed by atoms with Crippen LogP contribution >= 0.6 is 0 Å². The zero-order valence-electron chi connectivity index (χ0n) is 23.1. The molecule has 0 saturated heterocycles. The van der Waals surface area contributed by atoms with Crippen molar-refractivity contribution in [2.24, 2.45) is 47.3 Å². The molecule has 0 radical (unpaired) electrons. The van der Waals surface area contributed by atoms with Crippen molar-refractivity contribution in [3.05, 3.63) is 37.5 Å². The van der Waals surface area contributed by atoms with E-state index in [0.717, 1.165) is 47.3 Å². The van der Waals surface area contributed by atoms with Crippen molar-refractivity contribution < 1.29 is 5.71 Å². The first-order chi connectivity index (χ1) is 16.7. The third-order valence-electron chi connectivity index (χ3n) is 10.5. The Morgan fingerprint density at radius 1 is 0.559 bits per heavy atom. The van der Waals surface area contributed by atoms with Gasteiger partial charge >= 0.3 is 0 Å². The molecule has 0 amide bonds. The van der Waals surface area contributed by atoms with Gasteiger partial charge in [-0.1, -0.05) is 56.9 Å². The third-order valence-corrected chi connectivity index (χ3v) is 10.5. The molecule has 0 heterocycles. The van der Waals surface area contributed by atoms with E-state index in [9.17, 15) is 0 Å². The van der Waals surface area contributed by atoms with Crippen molar-refractivity contribution in [2.75, 3.05) is 0 Å². The largest absolute Gasteiger partial charge is 0.103 e. The Bertz CT molecular complexity index is 560. The zero-order chi connectivity index (χ0) is 24.2. The molecule has 4 aliphatic rings. The van der Waals surface area contributed by atoms with E-state index in [-0.39, 0.29) is 5.71 Å². The van der Waals surface area contributed by atoms with E-state index >= 15 is 0 Å². The van der Waals surface area contributed by atoms with Crippen LogP contribution in [0.25, 0.3) is 0 Å². The fraction of sp³-hybridized carbons (Fsp3) is 0.824. The van der Waals surface area contributed by atoms with Gasteiger partial charge < -0.3 is 0 Å². The summed E-state index contributed by atoms with van der Waals surface area (Å²) in [7, 11) is 0. The van der Waals surface area contributed by atoms with Gasteiger partial charge in [-0.05, 0) is 144 Å². The summed E-state index contributed by atoms with van der Waals surface area (Å²) in [6, 6.07) is 0. The highest BCUT2D eigenvalue weighted by molar-refractivity contribution is 4.91. The Labute approximate surface area is 220 Å². The first-order valence-corrected chi connectivity index (χ1v) is 15.5. The normalized spacial score (nSPS) is 39.1. The second-order valence-electron chi connectivity index (χ2n) is 12.6. The minimum atomic E-state index is 0. The Hall–Kier alpha value is -0.780. The monoisotopic (exact) mass is 475 g/mol. The van der Waals surface area contributed by atoms with Crippen molar-refractivity contribution in [2.45, 2.75) is 129 Å². The molecule has 34 heavy (non-hydrogen) atoms. The minimum Gasteiger partial charge on any atom is -0.103 e. The predicted molar refractivity (Wildman–Crippen MR) is 160 cm³/mol. The van der Waals surface area contributed by atoms with E-state index in [1.54, 1.807) is 12.8 Å². The third kappa shape index (κ3) is 8.71. The molecule has 4 rings (SSSR count). The van der Waals surface area contributed by atoms with Gasteiger partial charge in [-0.15, -0.1) is 13.2 Å². The number of allylic oxidation sites excluding steroid dienone is 4. The second kappa shape index (κ2) is 15.4. The molecular formula is C34H66. The average molecular weight is 475 g/mol. The van der Waals surface area contributed by atoms with Crippen LogP contribution in [0.4, 0.5) is 0 Å². The van der Waals surface area contributed by atoms with E-state index in [2.05, 4.69) is 51.3 Å². The number of rotatable bonds is 7. The highest BCUT2D eigenvalue weighted by Gasteiger charge is 2.30.